The van der Waals surface area contributed by atoms with Crippen LogP contribution in [-0.2, 0) is 17.7 Å². The van der Waals surface area contributed by atoms with Crippen LogP contribution in [0, 0.1) is 6.92 Å². The van der Waals surface area contributed by atoms with Crippen LogP contribution >= 0.6 is 11.6 Å². The molecule has 0 fully saturated rings. The molecular formula is C13H24ClN3O. The molecule has 0 bridgehead atoms. The number of hydrogen-bond donors (Lipinski definition) is 1. The van der Waals surface area contributed by atoms with Crippen LogP contribution in [-0.4, -0.2) is 36.1 Å². The van der Waals surface area contributed by atoms with Crippen molar-refractivity contribution < 1.29 is 4.74 Å². The van der Waals surface area contributed by atoms with Crippen LogP contribution in [0.15, 0.2) is 0 Å². The molecule has 0 spiro atoms. The zero-order valence-electron chi connectivity index (χ0n) is 11.8. The minimum absolute atomic E-state index is 0.286. The first-order valence-corrected chi connectivity index (χ1v) is 6.95. The van der Waals surface area contributed by atoms with E-state index in [9.17, 15) is 0 Å². The Bertz CT molecular complexity index is 365. The van der Waals surface area contributed by atoms with E-state index in [0.717, 1.165) is 42.3 Å². The lowest BCUT2D eigenvalue weighted by atomic mass is 10.1. The van der Waals surface area contributed by atoms with Crippen LogP contribution in [0.25, 0.3) is 0 Å². The molecule has 1 heterocycles. The highest BCUT2D eigenvalue weighted by Gasteiger charge is 2.17. The summed E-state index contributed by atoms with van der Waals surface area (Å²) in [6.45, 7) is 8.70. The molecule has 0 saturated heterocycles. The summed E-state index contributed by atoms with van der Waals surface area (Å²) in [5, 5.41) is 8.71. The van der Waals surface area contributed by atoms with Gasteiger partial charge in [-0.05, 0) is 26.8 Å². The number of methoxy groups -OCH3 is 1. The van der Waals surface area contributed by atoms with E-state index < -0.39 is 0 Å². The van der Waals surface area contributed by atoms with Crippen molar-refractivity contribution in [2.45, 2.75) is 46.2 Å². The molecule has 0 radical (unpaired) electrons. The SMILES string of the molecule is CCCNC(COC)Cc1c(Cl)c(C)nn1CC. The normalized spacial score (nSPS) is 12.9. The van der Waals surface area contributed by atoms with Crippen molar-refractivity contribution in [1.82, 2.24) is 15.1 Å². The Morgan fingerprint density at radius 1 is 1.44 bits per heavy atom. The molecule has 0 aliphatic heterocycles. The van der Waals surface area contributed by atoms with E-state index in [1.54, 1.807) is 7.11 Å². The molecule has 0 aliphatic carbocycles. The van der Waals surface area contributed by atoms with Gasteiger partial charge in [0.25, 0.3) is 0 Å². The highest BCUT2D eigenvalue weighted by atomic mass is 35.5. The second kappa shape index (κ2) is 7.77. The van der Waals surface area contributed by atoms with E-state index in [4.69, 9.17) is 16.3 Å². The number of rotatable bonds is 8. The predicted molar refractivity (Wildman–Crippen MR) is 75.3 cm³/mol. The monoisotopic (exact) mass is 273 g/mol. The van der Waals surface area contributed by atoms with Crippen molar-refractivity contribution in [1.29, 1.82) is 0 Å². The number of nitrogens with one attached hydrogen (secondary N) is 1. The van der Waals surface area contributed by atoms with E-state index in [-0.39, 0.29) is 6.04 Å². The van der Waals surface area contributed by atoms with Crippen molar-refractivity contribution in [3.8, 4) is 0 Å². The molecule has 104 valence electrons. The third-order valence-corrected chi connectivity index (χ3v) is 3.44. The highest BCUT2D eigenvalue weighted by molar-refractivity contribution is 6.31. The molecule has 1 rings (SSSR count). The molecule has 4 nitrogen and oxygen atoms in total. The molecule has 1 N–H and O–H groups in total. The van der Waals surface area contributed by atoms with Gasteiger partial charge in [-0.1, -0.05) is 18.5 Å². The van der Waals surface area contributed by atoms with Crippen molar-refractivity contribution >= 4 is 11.6 Å². The Morgan fingerprint density at radius 2 is 2.17 bits per heavy atom. The number of halogens is 1. The Labute approximate surface area is 115 Å². The molecule has 1 unspecified atom stereocenters. The minimum Gasteiger partial charge on any atom is -0.383 e. The van der Waals surface area contributed by atoms with E-state index >= 15 is 0 Å². The Kier molecular flexibility index (Phi) is 6.68. The maximum atomic E-state index is 6.32. The molecule has 0 saturated carbocycles. The molecule has 1 aromatic heterocycles. The standard InChI is InChI=1S/C13H24ClN3O/c1-5-7-15-11(9-18-4)8-12-13(14)10(3)16-17(12)6-2/h11,15H,5-9H2,1-4H3. The summed E-state index contributed by atoms with van der Waals surface area (Å²) in [5.41, 5.74) is 2.00. The van der Waals surface area contributed by atoms with Crippen LogP contribution < -0.4 is 5.32 Å². The maximum Gasteiger partial charge on any atom is 0.0847 e. The van der Waals surface area contributed by atoms with Crippen LogP contribution in [0.2, 0.25) is 5.02 Å². The van der Waals surface area contributed by atoms with Gasteiger partial charge in [-0.15, -0.1) is 0 Å². The quantitative estimate of drug-likeness (QED) is 0.791. The fourth-order valence-corrected chi connectivity index (χ4v) is 2.25. The van der Waals surface area contributed by atoms with Crippen molar-refractivity contribution in [3.63, 3.8) is 0 Å². The van der Waals surface area contributed by atoms with E-state index in [0.29, 0.717) is 6.61 Å². The van der Waals surface area contributed by atoms with Gasteiger partial charge in [0.2, 0.25) is 0 Å². The number of ether oxygens (including phenoxy) is 1. The van der Waals surface area contributed by atoms with E-state index in [1.165, 1.54) is 0 Å². The van der Waals surface area contributed by atoms with E-state index in [1.807, 2.05) is 11.6 Å². The number of hydrogen-bond acceptors (Lipinski definition) is 3. The van der Waals surface area contributed by atoms with Crippen molar-refractivity contribution in [2.75, 3.05) is 20.3 Å². The number of aryl methyl sites for hydroxylation is 2. The summed E-state index contributed by atoms with van der Waals surface area (Å²) in [5.74, 6) is 0. The van der Waals surface area contributed by atoms with Gasteiger partial charge in [0.1, 0.15) is 0 Å². The molecule has 1 atom stereocenters. The molecule has 0 aliphatic rings. The summed E-state index contributed by atoms with van der Waals surface area (Å²) in [6.07, 6.45) is 1.96. The first kappa shape index (κ1) is 15.5. The average Bonchev–Trinajstić information content (AvgIpc) is 2.63. The Morgan fingerprint density at radius 3 is 2.72 bits per heavy atom. The lowest BCUT2D eigenvalue weighted by Crippen LogP contribution is -2.36. The number of nitrogens with zero attached hydrogens (tertiary/aromatic N) is 2. The van der Waals surface area contributed by atoms with Crippen LogP contribution in [0.1, 0.15) is 31.7 Å². The summed E-state index contributed by atoms with van der Waals surface area (Å²) in [7, 11) is 1.73. The molecular weight excluding hydrogens is 250 g/mol. The first-order valence-electron chi connectivity index (χ1n) is 6.58. The van der Waals surface area contributed by atoms with Gasteiger partial charge in [-0.3, -0.25) is 4.68 Å². The van der Waals surface area contributed by atoms with Gasteiger partial charge in [0.05, 0.1) is 23.0 Å². The second-order valence-electron chi connectivity index (χ2n) is 4.47. The molecule has 1 aromatic rings. The largest absolute Gasteiger partial charge is 0.383 e. The average molecular weight is 274 g/mol. The highest BCUT2D eigenvalue weighted by Crippen LogP contribution is 2.21. The van der Waals surface area contributed by atoms with Crippen LogP contribution in [0.3, 0.4) is 0 Å². The lowest BCUT2D eigenvalue weighted by Gasteiger charge is -2.18. The summed E-state index contributed by atoms with van der Waals surface area (Å²) in [4.78, 5) is 0. The second-order valence-corrected chi connectivity index (χ2v) is 4.85. The molecule has 0 aromatic carbocycles. The zero-order valence-corrected chi connectivity index (χ0v) is 12.5. The predicted octanol–water partition coefficient (Wildman–Crippen LogP) is 2.42. The topological polar surface area (TPSA) is 39.1 Å². The van der Waals surface area contributed by atoms with Crippen molar-refractivity contribution in [3.05, 3.63) is 16.4 Å². The first-order chi connectivity index (χ1) is 8.63. The molecule has 5 heteroatoms. The fraction of sp³-hybridized carbons (Fsp3) is 0.769. The fourth-order valence-electron chi connectivity index (χ4n) is 2.04. The smallest absolute Gasteiger partial charge is 0.0847 e. The van der Waals surface area contributed by atoms with Gasteiger partial charge < -0.3 is 10.1 Å². The van der Waals surface area contributed by atoms with Crippen molar-refractivity contribution in [2.24, 2.45) is 0 Å². The van der Waals surface area contributed by atoms with Gasteiger partial charge in [0, 0.05) is 26.1 Å². The lowest BCUT2D eigenvalue weighted by molar-refractivity contribution is 0.165. The Balaban J connectivity index is 2.78. The van der Waals surface area contributed by atoms with Gasteiger partial charge >= 0.3 is 0 Å². The zero-order chi connectivity index (χ0) is 13.5. The third-order valence-electron chi connectivity index (χ3n) is 2.94. The molecule has 0 amide bonds. The number of aromatic nitrogens is 2. The van der Waals surface area contributed by atoms with E-state index in [2.05, 4.69) is 24.3 Å². The van der Waals surface area contributed by atoms with Gasteiger partial charge in [0.15, 0.2) is 0 Å². The third kappa shape index (κ3) is 3.97. The summed E-state index contributed by atoms with van der Waals surface area (Å²) in [6, 6.07) is 0.286. The summed E-state index contributed by atoms with van der Waals surface area (Å²) >= 11 is 6.32. The van der Waals surface area contributed by atoms with Gasteiger partial charge in [-0.25, -0.2) is 0 Å². The van der Waals surface area contributed by atoms with Crippen LogP contribution in [0.5, 0.6) is 0 Å². The van der Waals surface area contributed by atoms with Gasteiger partial charge in [-0.2, -0.15) is 5.10 Å². The molecule has 18 heavy (non-hydrogen) atoms. The maximum absolute atomic E-state index is 6.32. The minimum atomic E-state index is 0.286. The summed E-state index contributed by atoms with van der Waals surface area (Å²) < 4.78 is 7.24. The van der Waals surface area contributed by atoms with Crippen LogP contribution in [0.4, 0.5) is 0 Å². The Hall–Kier alpha value is -0.580.